The molecule has 0 aromatic carbocycles. The van der Waals surface area contributed by atoms with Gasteiger partial charge in [-0.3, -0.25) is 9.89 Å². The fourth-order valence-corrected chi connectivity index (χ4v) is 4.73. The Bertz CT molecular complexity index is 784. The fraction of sp³-hybridized carbons (Fsp3) is 0.667. The molecule has 0 radical (unpaired) electrons. The highest BCUT2D eigenvalue weighted by Gasteiger charge is 2.21. The molecule has 0 amide bonds. The first-order chi connectivity index (χ1) is 14.8. The van der Waals surface area contributed by atoms with E-state index in [1.165, 1.54) is 4.88 Å². The van der Waals surface area contributed by atoms with Crippen LogP contribution in [0.1, 0.15) is 24.0 Å². The molecule has 0 spiro atoms. The maximum absolute atomic E-state index is 5.53. The largest absolute Gasteiger partial charge is 0.381 e. The summed E-state index contributed by atoms with van der Waals surface area (Å²) >= 11 is 1.84. The van der Waals surface area contributed by atoms with E-state index in [9.17, 15) is 0 Å². The van der Waals surface area contributed by atoms with Gasteiger partial charge in [-0.05, 0) is 17.9 Å². The number of hydrogen-bond acceptors (Lipinski definition) is 6. The molecule has 10 heteroatoms. The minimum absolute atomic E-state index is 0. The highest BCUT2D eigenvalue weighted by molar-refractivity contribution is 14.0. The molecule has 2 saturated heterocycles. The highest BCUT2D eigenvalue weighted by Crippen LogP contribution is 2.15. The zero-order chi connectivity index (χ0) is 20.6. The molecule has 0 saturated carbocycles. The Morgan fingerprint density at radius 3 is 2.90 bits per heavy atom. The Hall–Kier alpha value is -1.24. The molecule has 1 unspecified atom stereocenters. The van der Waals surface area contributed by atoms with Crippen LogP contribution in [0, 0.1) is 5.92 Å². The van der Waals surface area contributed by atoms with Gasteiger partial charge in [0.25, 0.3) is 0 Å². The summed E-state index contributed by atoms with van der Waals surface area (Å²) in [5, 5.41) is 14.0. The molecule has 172 valence electrons. The van der Waals surface area contributed by atoms with Crippen LogP contribution in [0.15, 0.2) is 28.8 Å². The van der Waals surface area contributed by atoms with Gasteiger partial charge in [-0.25, -0.2) is 0 Å². The monoisotopic (exact) mass is 559 g/mol. The number of guanidine groups is 1. The first-order valence-electron chi connectivity index (χ1n) is 11.0. The molecule has 2 aromatic rings. The van der Waals surface area contributed by atoms with Gasteiger partial charge in [0.2, 0.25) is 0 Å². The summed E-state index contributed by atoms with van der Waals surface area (Å²) < 4.78 is 7.65. The summed E-state index contributed by atoms with van der Waals surface area (Å²) in [7, 11) is 0. The Labute approximate surface area is 206 Å². The van der Waals surface area contributed by atoms with Gasteiger partial charge < -0.3 is 19.5 Å². The van der Waals surface area contributed by atoms with E-state index in [2.05, 4.69) is 54.3 Å². The number of thiophene rings is 1. The summed E-state index contributed by atoms with van der Waals surface area (Å²) in [6.45, 7) is 11.5. The van der Waals surface area contributed by atoms with Crippen molar-refractivity contribution in [3.63, 3.8) is 0 Å². The van der Waals surface area contributed by atoms with Crippen molar-refractivity contribution >= 4 is 41.3 Å². The van der Waals surface area contributed by atoms with Gasteiger partial charge in [-0.1, -0.05) is 13.0 Å². The third kappa shape index (κ3) is 7.13. The van der Waals surface area contributed by atoms with Crippen LogP contribution < -0.4 is 5.32 Å². The number of aryl methyl sites for hydroxylation is 1. The fourth-order valence-electron chi connectivity index (χ4n) is 3.98. The number of halogens is 1. The Kier molecular flexibility index (Phi) is 10.0. The Morgan fingerprint density at radius 1 is 1.32 bits per heavy atom. The van der Waals surface area contributed by atoms with E-state index in [0.29, 0.717) is 5.92 Å². The number of piperazine rings is 1. The van der Waals surface area contributed by atoms with Gasteiger partial charge >= 0.3 is 0 Å². The SMILES string of the molecule is CCc1nncn1CCNC(=NCC1CCOC1)N1CCN(Cc2cccs2)CC1.I. The predicted molar refractivity (Wildman–Crippen MR) is 135 cm³/mol. The van der Waals surface area contributed by atoms with Gasteiger partial charge in [-0.2, -0.15) is 0 Å². The van der Waals surface area contributed by atoms with Crippen molar-refractivity contribution in [2.24, 2.45) is 10.9 Å². The molecule has 4 rings (SSSR count). The summed E-state index contributed by atoms with van der Waals surface area (Å²) in [6.07, 6.45) is 3.83. The number of aromatic nitrogens is 3. The van der Waals surface area contributed by atoms with Crippen molar-refractivity contribution in [3.05, 3.63) is 34.5 Å². The Morgan fingerprint density at radius 2 is 2.19 bits per heavy atom. The minimum atomic E-state index is 0. The van der Waals surface area contributed by atoms with E-state index < -0.39 is 0 Å². The molecule has 2 aliphatic rings. The van der Waals surface area contributed by atoms with Crippen LogP contribution in [-0.4, -0.2) is 83.0 Å². The number of aliphatic imine (C=N–C) groups is 1. The standard InChI is InChI=1S/C21H33N7OS.HI/c1-2-20-25-24-17-28(20)7-6-22-21(23-14-18-5-12-29-16-18)27-10-8-26(9-11-27)15-19-4-3-13-30-19;/h3-4,13,17-18H,2,5-12,14-16H2,1H3,(H,22,23);1H. The number of rotatable bonds is 8. The number of ether oxygens (including phenoxy) is 1. The molecule has 2 aliphatic heterocycles. The average Bonchev–Trinajstić information content (AvgIpc) is 3.54. The zero-order valence-electron chi connectivity index (χ0n) is 18.3. The molecule has 2 fully saturated rings. The zero-order valence-corrected chi connectivity index (χ0v) is 21.4. The summed E-state index contributed by atoms with van der Waals surface area (Å²) in [6, 6.07) is 4.36. The van der Waals surface area contributed by atoms with Crippen LogP contribution in [0.3, 0.4) is 0 Å². The van der Waals surface area contributed by atoms with Crippen LogP contribution in [0.5, 0.6) is 0 Å². The van der Waals surface area contributed by atoms with Gasteiger partial charge in [0.1, 0.15) is 12.2 Å². The number of hydrogen-bond donors (Lipinski definition) is 1. The lowest BCUT2D eigenvalue weighted by molar-refractivity contribution is 0.173. The lowest BCUT2D eigenvalue weighted by Gasteiger charge is -2.36. The van der Waals surface area contributed by atoms with Gasteiger partial charge in [0.05, 0.1) is 6.61 Å². The van der Waals surface area contributed by atoms with E-state index in [1.807, 2.05) is 17.7 Å². The average molecular weight is 560 g/mol. The van der Waals surface area contributed by atoms with Crippen LogP contribution in [0.2, 0.25) is 0 Å². The quantitative estimate of drug-likeness (QED) is 0.304. The van der Waals surface area contributed by atoms with Gasteiger partial charge in [0.15, 0.2) is 5.96 Å². The van der Waals surface area contributed by atoms with Crippen molar-refractivity contribution in [1.29, 1.82) is 0 Å². The summed E-state index contributed by atoms with van der Waals surface area (Å²) in [4.78, 5) is 11.4. The second-order valence-corrected chi connectivity index (χ2v) is 8.99. The molecule has 0 bridgehead atoms. The first kappa shape index (κ1) is 24.4. The maximum atomic E-state index is 5.53. The molecule has 1 atom stereocenters. The minimum Gasteiger partial charge on any atom is -0.381 e. The van der Waals surface area contributed by atoms with E-state index in [-0.39, 0.29) is 24.0 Å². The van der Waals surface area contributed by atoms with E-state index in [0.717, 1.165) is 90.2 Å². The molecular formula is C21H34IN7OS. The van der Waals surface area contributed by atoms with Crippen molar-refractivity contribution in [2.45, 2.75) is 32.9 Å². The van der Waals surface area contributed by atoms with Crippen LogP contribution >= 0.6 is 35.3 Å². The summed E-state index contributed by atoms with van der Waals surface area (Å²) in [5.41, 5.74) is 0. The molecule has 1 N–H and O–H groups in total. The van der Waals surface area contributed by atoms with Crippen molar-refractivity contribution in [1.82, 2.24) is 29.9 Å². The topological polar surface area (TPSA) is 70.8 Å². The third-order valence-electron chi connectivity index (χ3n) is 5.80. The molecule has 2 aromatic heterocycles. The molecule has 0 aliphatic carbocycles. The second kappa shape index (κ2) is 12.7. The van der Waals surface area contributed by atoms with Gasteiger partial charge in [0, 0.05) is 76.2 Å². The lowest BCUT2D eigenvalue weighted by Crippen LogP contribution is -2.52. The lowest BCUT2D eigenvalue weighted by atomic mass is 10.1. The van der Waals surface area contributed by atoms with Crippen molar-refractivity contribution < 1.29 is 4.74 Å². The number of nitrogens with one attached hydrogen (secondary N) is 1. The first-order valence-corrected chi connectivity index (χ1v) is 11.9. The van der Waals surface area contributed by atoms with Crippen LogP contribution in [0.4, 0.5) is 0 Å². The molecular weight excluding hydrogens is 525 g/mol. The van der Waals surface area contributed by atoms with Gasteiger partial charge in [-0.15, -0.1) is 45.5 Å². The molecule has 4 heterocycles. The maximum Gasteiger partial charge on any atom is 0.194 e. The van der Waals surface area contributed by atoms with E-state index >= 15 is 0 Å². The van der Waals surface area contributed by atoms with E-state index in [4.69, 9.17) is 9.73 Å². The van der Waals surface area contributed by atoms with Crippen LogP contribution in [0.25, 0.3) is 0 Å². The van der Waals surface area contributed by atoms with E-state index in [1.54, 1.807) is 0 Å². The Balaban J connectivity index is 0.00000272. The highest BCUT2D eigenvalue weighted by atomic mass is 127. The second-order valence-electron chi connectivity index (χ2n) is 7.96. The van der Waals surface area contributed by atoms with Crippen molar-refractivity contribution in [2.75, 3.05) is 52.5 Å². The smallest absolute Gasteiger partial charge is 0.194 e. The van der Waals surface area contributed by atoms with Crippen LogP contribution in [-0.2, 0) is 24.2 Å². The third-order valence-corrected chi connectivity index (χ3v) is 6.66. The molecule has 31 heavy (non-hydrogen) atoms. The number of nitrogens with zero attached hydrogens (tertiary/aromatic N) is 6. The summed E-state index contributed by atoms with van der Waals surface area (Å²) in [5.74, 6) is 2.61. The molecule has 8 nitrogen and oxygen atoms in total. The normalized spacial score (nSPS) is 20.1. The predicted octanol–water partition coefficient (Wildman–Crippen LogP) is 2.32. The van der Waals surface area contributed by atoms with Crippen molar-refractivity contribution in [3.8, 4) is 0 Å².